The number of quaternary nitrogens is 1. The van der Waals surface area contributed by atoms with Crippen LogP contribution in [0, 0.1) is 11.6 Å². The van der Waals surface area contributed by atoms with Crippen LogP contribution in [0.1, 0.15) is 31.2 Å². The molecule has 178 valence electrons. The summed E-state index contributed by atoms with van der Waals surface area (Å²) in [5.41, 5.74) is 1.47. The summed E-state index contributed by atoms with van der Waals surface area (Å²) in [5, 5.41) is 5.65. The van der Waals surface area contributed by atoms with Gasteiger partial charge < -0.3 is 24.6 Å². The number of amides is 2. The van der Waals surface area contributed by atoms with Crippen molar-refractivity contribution < 1.29 is 27.5 Å². The first-order valence-electron chi connectivity index (χ1n) is 11.3. The molecule has 33 heavy (non-hydrogen) atoms. The maximum atomic E-state index is 13.5. The lowest BCUT2D eigenvalue weighted by atomic mass is 9.64. The van der Waals surface area contributed by atoms with Gasteiger partial charge in [-0.1, -0.05) is 6.07 Å². The number of hydrogen-bond donors (Lipinski definition) is 2. The Hall–Kier alpha value is -2.87. The molecular formula is C25H32F2N3O3+. The second kappa shape index (κ2) is 8.82. The van der Waals surface area contributed by atoms with Gasteiger partial charge in [-0.3, -0.25) is 0 Å². The second-order valence-corrected chi connectivity index (χ2v) is 9.69. The molecule has 0 bridgehead atoms. The van der Waals surface area contributed by atoms with Crippen LogP contribution >= 0.6 is 0 Å². The number of nitrogens with zero attached hydrogens (tertiary/aromatic N) is 1. The standard InChI is InChI=1S/C25H31F2N3O3/c1-30(2)12-11-25(16-5-8-21(32-3)22(13-16)33-4)10-9-18(15-23(25)30)29-24(31)28-17-6-7-19(26)20(27)14-17/h5-8,13-14,18,23H,9-12,15H2,1-4H3,(H-,28,29,31)/p+1. The summed E-state index contributed by atoms with van der Waals surface area (Å²) in [5.74, 6) is -0.493. The Morgan fingerprint density at radius 3 is 2.48 bits per heavy atom. The number of benzene rings is 2. The Balaban J connectivity index is 1.51. The summed E-state index contributed by atoms with van der Waals surface area (Å²) >= 11 is 0. The van der Waals surface area contributed by atoms with Crippen molar-refractivity contribution in [2.45, 2.75) is 43.2 Å². The molecule has 2 aromatic rings. The van der Waals surface area contributed by atoms with Crippen LogP contribution in [-0.2, 0) is 5.41 Å². The Labute approximate surface area is 193 Å². The van der Waals surface area contributed by atoms with Crippen molar-refractivity contribution in [2.75, 3.05) is 40.2 Å². The molecule has 2 aliphatic rings. The fraction of sp³-hybridized carbons (Fsp3) is 0.480. The van der Waals surface area contributed by atoms with Crippen molar-refractivity contribution in [3.05, 3.63) is 53.6 Å². The van der Waals surface area contributed by atoms with E-state index in [2.05, 4.69) is 36.9 Å². The lowest BCUT2D eigenvalue weighted by Gasteiger charge is -2.46. The van der Waals surface area contributed by atoms with Gasteiger partial charge in [0.25, 0.3) is 0 Å². The molecule has 0 radical (unpaired) electrons. The Kier molecular flexibility index (Phi) is 6.22. The highest BCUT2D eigenvalue weighted by Gasteiger charge is 2.57. The van der Waals surface area contributed by atoms with Crippen molar-refractivity contribution in [1.29, 1.82) is 0 Å². The molecule has 3 atom stereocenters. The highest BCUT2D eigenvalue weighted by atomic mass is 19.2. The molecule has 0 spiro atoms. The number of carbonyl (C=O) groups is 1. The molecule has 1 saturated carbocycles. The first kappa shape index (κ1) is 23.3. The van der Waals surface area contributed by atoms with Crippen molar-refractivity contribution >= 4 is 11.7 Å². The highest BCUT2D eigenvalue weighted by Crippen LogP contribution is 2.52. The molecule has 2 fully saturated rings. The van der Waals surface area contributed by atoms with Gasteiger partial charge >= 0.3 is 6.03 Å². The summed E-state index contributed by atoms with van der Waals surface area (Å²) in [6.07, 6.45) is 3.65. The number of carbonyl (C=O) groups excluding carboxylic acids is 1. The molecule has 2 amide bonds. The maximum absolute atomic E-state index is 13.5. The van der Waals surface area contributed by atoms with Crippen LogP contribution in [0.2, 0.25) is 0 Å². The monoisotopic (exact) mass is 460 g/mol. The smallest absolute Gasteiger partial charge is 0.319 e. The van der Waals surface area contributed by atoms with Gasteiger partial charge in [0, 0.05) is 30.6 Å². The summed E-state index contributed by atoms with van der Waals surface area (Å²) < 4.78 is 38.5. The largest absolute Gasteiger partial charge is 0.493 e. The number of likely N-dealkylation sites (tertiary alicyclic amines) is 1. The lowest BCUT2D eigenvalue weighted by molar-refractivity contribution is -0.905. The molecule has 3 unspecified atom stereocenters. The van der Waals surface area contributed by atoms with Gasteiger partial charge in [0.05, 0.1) is 40.3 Å². The Bertz CT molecular complexity index is 1050. The number of hydrogen-bond acceptors (Lipinski definition) is 3. The van der Waals surface area contributed by atoms with Crippen molar-refractivity contribution in [1.82, 2.24) is 5.32 Å². The summed E-state index contributed by atoms with van der Waals surface area (Å²) in [4.78, 5) is 12.6. The average molecular weight is 461 g/mol. The van der Waals surface area contributed by atoms with Crippen LogP contribution in [-0.4, -0.2) is 57.5 Å². The second-order valence-electron chi connectivity index (χ2n) is 9.69. The fourth-order valence-corrected chi connectivity index (χ4v) is 5.79. The minimum atomic E-state index is -0.991. The van der Waals surface area contributed by atoms with Crippen molar-refractivity contribution in [3.63, 3.8) is 0 Å². The number of nitrogens with one attached hydrogen (secondary N) is 2. The van der Waals surface area contributed by atoms with Gasteiger partial charge in [-0.2, -0.15) is 0 Å². The number of rotatable bonds is 5. The third-order valence-electron chi connectivity index (χ3n) is 7.53. The van der Waals surface area contributed by atoms with Gasteiger partial charge in [0.2, 0.25) is 0 Å². The zero-order valence-electron chi connectivity index (χ0n) is 19.6. The van der Waals surface area contributed by atoms with Crippen LogP contribution < -0.4 is 20.1 Å². The van der Waals surface area contributed by atoms with E-state index in [1.807, 2.05) is 6.07 Å². The quantitative estimate of drug-likeness (QED) is 0.649. The number of ether oxygens (including phenoxy) is 2. The minimum absolute atomic E-state index is 0.00219. The van der Waals surface area contributed by atoms with E-state index in [1.54, 1.807) is 14.2 Å². The molecule has 6 nitrogen and oxygen atoms in total. The zero-order valence-corrected chi connectivity index (χ0v) is 19.6. The van der Waals surface area contributed by atoms with E-state index in [0.29, 0.717) is 11.8 Å². The first-order valence-corrected chi connectivity index (χ1v) is 11.3. The van der Waals surface area contributed by atoms with Crippen LogP contribution in [0.5, 0.6) is 11.5 Å². The zero-order chi connectivity index (χ0) is 23.8. The topological polar surface area (TPSA) is 59.6 Å². The van der Waals surface area contributed by atoms with Gasteiger partial charge in [0.15, 0.2) is 23.1 Å². The Morgan fingerprint density at radius 2 is 1.79 bits per heavy atom. The molecule has 4 rings (SSSR count). The number of anilines is 1. The maximum Gasteiger partial charge on any atom is 0.319 e. The number of fused-ring (bicyclic) bond motifs is 1. The number of urea groups is 1. The van der Waals surface area contributed by atoms with E-state index in [-0.39, 0.29) is 17.1 Å². The molecule has 2 N–H and O–H groups in total. The third-order valence-corrected chi connectivity index (χ3v) is 7.53. The molecule has 0 aromatic heterocycles. The van der Waals surface area contributed by atoms with Crippen LogP contribution in [0.4, 0.5) is 19.3 Å². The molecule has 1 heterocycles. The normalized spacial score (nSPS) is 25.8. The van der Waals surface area contributed by atoms with E-state index in [4.69, 9.17) is 9.47 Å². The summed E-state index contributed by atoms with van der Waals surface area (Å²) in [6.45, 7) is 1.05. The first-order chi connectivity index (χ1) is 15.7. The summed E-state index contributed by atoms with van der Waals surface area (Å²) in [7, 11) is 7.78. The van der Waals surface area contributed by atoms with Crippen LogP contribution in [0.15, 0.2) is 36.4 Å². The Morgan fingerprint density at radius 1 is 1.03 bits per heavy atom. The summed E-state index contributed by atoms with van der Waals surface area (Å²) in [6, 6.07) is 9.44. The molecule has 2 aromatic carbocycles. The lowest BCUT2D eigenvalue weighted by Crippen LogP contribution is -2.57. The number of halogens is 2. The van der Waals surface area contributed by atoms with E-state index in [9.17, 15) is 13.6 Å². The van der Waals surface area contributed by atoms with E-state index in [1.165, 1.54) is 11.6 Å². The van der Waals surface area contributed by atoms with Gasteiger partial charge in [-0.25, -0.2) is 13.6 Å². The molecule has 1 saturated heterocycles. The van der Waals surface area contributed by atoms with Crippen molar-refractivity contribution in [2.24, 2.45) is 0 Å². The van der Waals surface area contributed by atoms with Gasteiger partial charge in [-0.05, 0) is 42.7 Å². The van der Waals surface area contributed by atoms with Crippen LogP contribution in [0.25, 0.3) is 0 Å². The molecule has 8 heteroatoms. The van der Waals surface area contributed by atoms with Gasteiger partial charge in [0.1, 0.15) is 6.04 Å². The van der Waals surface area contributed by atoms with E-state index >= 15 is 0 Å². The molecule has 1 aliphatic carbocycles. The SMILES string of the molecule is COc1ccc(C23CCC(NC(=O)Nc4ccc(F)c(F)c4)CC2[N+](C)(C)CC3)cc1OC. The van der Waals surface area contributed by atoms with Crippen molar-refractivity contribution in [3.8, 4) is 11.5 Å². The third kappa shape index (κ3) is 4.36. The fourth-order valence-electron chi connectivity index (χ4n) is 5.79. The number of likely N-dealkylation sites (N-methyl/N-ethyl adjacent to an activating group) is 1. The van der Waals surface area contributed by atoms with E-state index in [0.717, 1.165) is 54.6 Å². The highest BCUT2D eigenvalue weighted by molar-refractivity contribution is 5.89. The predicted octanol–water partition coefficient (Wildman–Crippen LogP) is 4.44. The predicted molar refractivity (Wildman–Crippen MR) is 123 cm³/mol. The number of methoxy groups -OCH3 is 2. The van der Waals surface area contributed by atoms with Crippen LogP contribution in [0.3, 0.4) is 0 Å². The minimum Gasteiger partial charge on any atom is -0.493 e. The van der Waals surface area contributed by atoms with Gasteiger partial charge in [-0.15, -0.1) is 0 Å². The molecule has 1 aliphatic heterocycles. The van der Waals surface area contributed by atoms with E-state index < -0.39 is 17.7 Å². The average Bonchev–Trinajstić information content (AvgIpc) is 3.07. The molecular weight excluding hydrogens is 428 g/mol.